The molecule has 3 atom stereocenters. The van der Waals surface area contributed by atoms with E-state index < -0.39 is 58.9 Å². The third kappa shape index (κ3) is 8.32. The summed E-state index contributed by atoms with van der Waals surface area (Å²) in [5, 5.41) is 0. The Labute approximate surface area is 277 Å². The molecule has 256 valence electrons. The van der Waals surface area contributed by atoms with Crippen LogP contribution in [-0.4, -0.2) is 57.0 Å². The van der Waals surface area contributed by atoms with Crippen LogP contribution in [0.4, 0.5) is 4.39 Å². The molecule has 0 saturated carbocycles. The molecule has 49 heavy (non-hydrogen) atoms. The first kappa shape index (κ1) is 34.8. The van der Waals surface area contributed by atoms with Crippen molar-refractivity contribution >= 4 is 17.8 Å². The summed E-state index contributed by atoms with van der Waals surface area (Å²) in [6.45, 7) is 3.33. The van der Waals surface area contributed by atoms with Gasteiger partial charge in [0.2, 0.25) is 5.82 Å². The number of ether oxygens (including phenoxy) is 5. The second-order valence-electron chi connectivity index (χ2n) is 10.9. The van der Waals surface area contributed by atoms with Crippen LogP contribution < -0.4 is 21.5 Å². The number of hydrogen-bond donors (Lipinski definition) is 0. The fourth-order valence-corrected chi connectivity index (χ4v) is 5.02. The molecule has 3 heterocycles. The molecule has 0 spiro atoms. The predicted molar refractivity (Wildman–Crippen MR) is 169 cm³/mol. The molecular weight excluding hydrogens is 645 g/mol. The third-order valence-corrected chi connectivity index (χ3v) is 7.48. The molecule has 1 saturated heterocycles. The van der Waals surface area contributed by atoms with Crippen LogP contribution in [-0.2, 0) is 37.1 Å². The van der Waals surface area contributed by atoms with E-state index in [2.05, 4.69) is 0 Å². The monoisotopic (exact) mass is 677 g/mol. The van der Waals surface area contributed by atoms with Gasteiger partial charge in [-0.1, -0.05) is 36.4 Å². The summed E-state index contributed by atoms with van der Waals surface area (Å²) in [4.78, 5) is 76.6. The van der Waals surface area contributed by atoms with E-state index in [0.29, 0.717) is 12.8 Å². The van der Waals surface area contributed by atoms with Crippen molar-refractivity contribution in [3.8, 4) is 5.75 Å². The van der Waals surface area contributed by atoms with E-state index in [1.165, 1.54) is 42.0 Å². The number of benzene rings is 2. The van der Waals surface area contributed by atoms with E-state index in [1.807, 2.05) is 30.3 Å². The van der Waals surface area contributed by atoms with Crippen LogP contribution in [0.1, 0.15) is 52.8 Å². The molecule has 0 unspecified atom stereocenters. The van der Waals surface area contributed by atoms with Crippen LogP contribution in [0.5, 0.6) is 5.75 Å². The van der Waals surface area contributed by atoms with Crippen LogP contribution in [0, 0.1) is 5.82 Å². The Morgan fingerprint density at radius 1 is 0.980 bits per heavy atom. The maximum absolute atomic E-state index is 15.0. The molecule has 5 rings (SSSR count). The van der Waals surface area contributed by atoms with Gasteiger partial charge in [0, 0.05) is 37.8 Å². The molecule has 0 N–H and O–H groups in total. The van der Waals surface area contributed by atoms with Crippen molar-refractivity contribution in [3.63, 3.8) is 0 Å². The van der Waals surface area contributed by atoms with Gasteiger partial charge in [-0.05, 0) is 36.8 Å². The summed E-state index contributed by atoms with van der Waals surface area (Å²) in [5.74, 6) is -4.23. The summed E-state index contributed by atoms with van der Waals surface area (Å²) in [6, 6.07) is 16.6. The Hall–Kier alpha value is -5.51. The van der Waals surface area contributed by atoms with E-state index in [1.54, 1.807) is 6.92 Å². The van der Waals surface area contributed by atoms with E-state index in [9.17, 15) is 28.8 Å². The number of halogens is 1. The lowest BCUT2D eigenvalue weighted by Gasteiger charge is -2.18. The standard InChI is InChI=1S/C34H32FN3O11/c1-3-45-20-36-13-12-25(15-29(36)40)48-33(43)24-11-7-10-23(14-24)31(41)38-32(42)26(35)17-37(34(38)44)30-16-27(28(49-30)19-46-21(2)39)47-18-22-8-5-4-6-9-22/h4-15,17,27-28,30H,3,16,18-20H2,1-2H3/t27-,28+,30+/m0/s1. The average Bonchev–Trinajstić information content (AvgIpc) is 3.50. The van der Waals surface area contributed by atoms with Gasteiger partial charge in [0.05, 0.1) is 24.5 Å². The number of rotatable bonds is 12. The molecule has 15 heteroatoms. The Morgan fingerprint density at radius 2 is 1.73 bits per heavy atom. The van der Waals surface area contributed by atoms with Gasteiger partial charge in [0.15, 0.2) is 0 Å². The summed E-state index contributed by atoms with van der Waals surface area (Å²) in [7, 11) is 0. The lowest BCUT2D eigenvalue weighted by atomic mass is 10.1. The van der Waals surface area contributed by atoms with E-state index in [4.69, 9.17) is 23.7 Å². The second kappa shape index (κ2) is 15.6. The highest BCUT2D eigenvalue weighted by Gasteiger charge is 2.39. The van der Waals surface area contributed by atoms with Crippen LogP contribution >= 0.6 is 0 Å². The Balaban J connectivity index is 1.38. The Morgan fingerprint density at radius 3 is 2.45 bits per heavy atom. The first-order chi connectivity index (χ1) is 23.5. The molecule has 0 amide bonds. The zero-order valence-electron chi connectivity index (χ0n) is 26.5. The first-order valence-electron chi connectivity index (χ1n) is 15.2. The van der Waals surface area contributed by atoms with Crippen molar-refractivity contribution in [2.45, 2.75) is 52.0 Å². The highest BCUT2D eigenvalue weighted by atomic mass is 19.1. The van der Waals surface area contributed by atoms with Crippen molar-refractivity contribution in [1.82, 2.24) is 13.7 Å². The Kier molecular flexibility index (Phi) is 11.1. The first-order valence-corrected chi connectivity index (χ1v) is 15.2. The van der Waals surface area contributed by atoms with Gasteiger partial charge in [-0.15, -0.1) is 0 Å². The molecular formula is C34H32FN3O11. The number of carbonyl (C=O) groups excluding carboxylic acids is 3. The van der Waals surface area contributed by atoms with Crippen molar-refractivity contribution in [3.05, 3.63) is 133 Å². The summed E-state index contributed by atoms with van der Waals surface area (Å²) < 4.78 is 44.7. The zero-order chi connectivity index (χ0) is 35.1. The van der Waals surface area contributed by atoms with Crippen molar-refractivity contribution in [1.29, 1.82) is 0 Å². The summed E-state index contributed by atoms with van der Waals surface area (Å²) >= 11 is 0. The number of pyridine rings is 1. The van der Waals surface area contributed by atoms with Crippen molar-refractivity contribution < 1.29 is 42.5 Å². The minimum atomic E-state index is -1.52. The van der Waals surface area contributed by atoms with Gasteiger partial charge in [0.1, 0.15) is 31.4 Å². The van der Waals surface area contributed by atoms with Crippen molar-refractivity contribution in [2.24, 2.45) is 0 Å². The lowest BCUT2D eigenvalue weighted by Crippen LogP contribution is -2.46. The maximum atomic E-state index is 15.0. The molecule has 1 aliphatic heterocycles. The van der Waals surface area contributed by atoms with Crippen LogP contribution in [0.3, 0.4) is 0 Å². The largest absolute Gasteiger partial charge is 0.463 e. The second-order valence-corrected chi connectivity index (χ2v) is 10.9. The van der Waals surface area contributed by atoms with Gasteiger partial charge in [0.25, 0.3) is 17.0 Å². The van der Waals surface area contributed by atoms with Gasteiger partial charge in [-0.25, -0.2) is 9.59 Å². The number of carbonyl (C=O) groups is 3. The minimum Gasteiger partial charge on any atom is -0.463 e. The molecule has 0 radical (unpaired) electrons. The van der Waals surface area contributed by atoms with E-state index in [0.717, 1.165) is 22.3 Å². The van der Waals surface area contributed by atoms with Gasteiger partial charge < -0.3 is 23.7 Å². The topological polar surface area (TPSA) is 163 Å². The molecule has 2 aromatic heterocycles. The molecule has 0 aliphatic carbocycles. The SMILES string of the molecule is CCOCn1ccc(OC(=O)c2cccc(C(=O)n3c(=O)c(F)cn([C@H]4C[C@H](OCc5ccccc5)[C@@H](COC(C)=O)O4)c3=O)c2)cc1=O. The lowest BCUT2D eigenvalue weighted by molar-refractivity contribution is -0.148. The fraction of sp³-hybridized carbons (Fsp3) is 0.294. The van der Waals surface area contributed by atoms with Gasteiger partial charge in [-0.2, -0.15) is 8.96 Å². The minimum absolute atomic E-state index is 0.0119. The molecule has 2 aromatic carbocycles. The number of aromatic nitrogens is 3. The van der Waals surface area contributed by atoms with Crippen LogP contribution in [0.15, 0.2) is 93.5 Å². The molecule has 1 fully saturated rings. The van der Waals surface area contributed by atoms with Gasteiger partial charge >= 0.3 is 17.6 Å². The molecule has 1 aliphatic rings. The highest BCUT2D eigenvalue weighted by molar-refractivity contribution is 5.99. The smallest absolute Gasteiger partial charge is 0.343 e. The highest BCUT2D eigenvalue weighted by Crippen LogP contribution is 2.31. The maximum Gasteiger partial charge on any atom is 0.343 e. The summed E-state index contributed by atoms with van der Waals surface area (Å²) in [6.07, 6.45) is -0.765. The third-order valence-electron chi connectivity index (χ3n) is 7.48. The van der Waals surface area contributed by atoms with Crippen molar-refractivity contribution in [2.75, 3.05) is 13.2 Å². The summed E-state index contributed by atoms with van der Waals surface area (Å²) in [5.41, 5.74) is -2.82. The average molecular weight is 678 g/mol. The zero-order valence-corrected chi connectivity index (χ0v) is 26.5. The quantitative estimate of drug-likeness (QED) is 0.203. The normalized spacial score (nSPS) is 17.1. The van der Waals surface area contributed by atoms with E-state index >= 15 is 4.39 Å². The van der Waals surface area contributed by atoms with Crippen LogP contribution in [0.25, 0.3) is 0 Å². The van der Waals surface area contributed by atoms with Gasteiger partial charge in [-0.3, -0.25) is 28.3 Å². The fourth-order valence-electron chi connectivity index (χ4n) is 5.02. The number of hydrogen-bond acceptors (Lipinski definition) is 11. The Bertz CT molecular complexity index is 2020. The van der Waals surface area contributed by atoms with E-state index in [-0.39, 0.29) is 47.8 Å². The number of nitrogens with zero attached hydrogens (tertiary/aromatic N) is 3. The molecule has 14 nitrogen and oxygen atoms in total. The molecule has 0 bridgehead atoms. The number of esters is 2. The predicted octanol–water partition coefficient (Wildman–Crippen LogP) is 2.65. The molecule has 4 aromatic rings. The van der Waals surface area contributed by atoms with Crippen LogP contribution in [0.2, 0.25) is 0 Å².